The van der Waals surface area contributed by atoms with E-state index in [1.165, 1.54) is 30.6 Å². The highest BCUT2D eigenvalue weighted by molar-refractivity contribution is 6.29. The molecule has 57 heavy (non-hydrogen) atoms. The van der Waals surface area contributed by atoms with Gasteiger partial charge < -0.3 is 41.3 Å². The van der Waals surface area contributed by atoms with Gasteiger partial charge in [-0.1, -0.05) is 72.0 Å². The molecular formula is C37H35Cl5F3N6O6-. The van der Waals surface area contributed by atoms with Crippen LogP contribution in [0.1, 0.15) is 24.1 Å². The standard InChI is InChI=1S/C12H11Cl2FN2O2.2C12H10ClFN2O2.CH4.ClH/c13-10(15)6-17(9-3-12(18)19-7-9)5-8-1-2-11(14)16-4-8;2*13-11-2-1-9(6-15-11)7-16(4-3-14)10-5-12(17)18-8-10;;/h1-4,10H,5-7H2;2*1-6H,7-8H2;1H4;1H/p-1/b;4-3+;4-3-;;. The zero-order chi connectivity index (χ0) is 39.7. The smallest absolute Gasteiger partial charge is 0.333 e. The molecule has 12 nitrogen and oxygen atoms in total. The normalized spacial score (nSPS) is 14.6. The molecule has 0 amide bonds. The van der Waals surface area contributed by atoms with Crippen LogP contribution in [0.2, 0.25) is 15.5 Å². The lowest BCUT2D eigenvalue weighted by atomic mass is 10.2. The second-order valence-corrected chi connectivity index (χ2v) is 12.9. The first-order valence-corrected chi connectivity index (χ1v) is 17.5. The number of carbonyl (C=O) groups excluding carboxylic acids is 3. The Morgan fingerprint density at radius 3 is 1.26 bits per heavy atom. The van der Waals surface area contributed by atoms with Gasteiger partial charge in [-0.2, -0.15) is 0 Å². The third-order valence-corrected chi connectivity index (χ3v) is 8.17. The van der Waals surface area contributed by atoms with Gasteiger partial charge in [-0.3, -0.25) is 0 Å². The van der Waals surface area contributed by atoms with Crippen molar-refractivity contribution in [3.05, 3.63) is 148 Å². The molecule has 20 heteroatoms. The SMILES string of the molecule is C.O=C1C=C(N(/C=C/F)Cc2ccc(Cl)nc2)CO1.O=C1C=C(N(/C=C\F)Cc2ccc(Cl)nc2)CO1.O=C1C=C(N(Cc2ccc(Cl)nc2)CC(F)Cl)CO1.[Cl-]. The maximum atomic E-state index is 13.0. The summed E-state index contributed by atoms with van der Waals surface area (Å²) in [5, 5.41) is 1.17. The summed E-state index contributed by atoms with van der Waals surface area (Å²) >= 11 is 22.4. The summed E-state index contributed by atoms with van der Waals surface area (Å²) in [5.41, 5.74) is 2.80. The first-order chi connectivity index (χ1) is 26.4. The molecule has 0 aromatic carbocycles. The summed E-state index contributed by atoms with van der Waals surface area (Å²) in [6, 6.07) is 10.3. The van der Waals surface area contributed by atoms with E-state index in [9.17, 15) is 27.6 Å². The van der Waals surface area contributed by atoms with Crippen LogP contribution in [0, 0.1) is 0 Å². The number of nitrogens with zero attached hydrogens (tertiary/aromatic N) is 6. The van der Waals surface area contributed by atoms with Crippen LogP contribution in [0.3, 0.4) is 0 Å². The molecule has 3 aliphatic heterocycles. The third kappa shape index (κ3) is 16.7. The molecule has 0 fully saturated rings. The first-order valence-electron chi connectivity index (χ1n) is 16.0. The van der Waals surface area contributed by atoms with Gasteiger partial charge in [0.05, 0.1) is 23.6 Å². The van der Waals surface area contributed by atoms with Gasteiger partial charge in [-0.15, -0.1) is 0 Å². The van der Waals surface area contributed by atoms with Crippen molar-refractivity contribution in [2.45, 2.75) is 32.7 Å². The monoisotopic (exact) mass is 891 g/mol. The summed E-state index contributed by atoms with van der Waals surface area (Å²) in [5.74, 6) is -1.27. The number of ether oxygens (including phenoxy) is 3. The Labute approximate surface area is 353 Å². The van der Waals surface area contributed by atoms with Gasteiger partial charge in [-0.25, -0.2) is 42.5 Å². The summed E-state index contributed by atoms with van der Waals surface area (Å²) in [7, 11) is 0. The number of alkyl halides is 2. The van der Waals surface area contributed by atoms with Crippen LogP contribution in [0.4, 0.5) is 13.2 Å². The molecule has 306 valence electrons. The van der Waals surface area contributed by atoms with E-state index in [0.717, 1.165) is 16.7 Å². The lowest BCUT2D eigenvalue weighted by molar-refractivity contribution is -0.135. The van der Waals surface area contributed by atoms with E-state index in [-0.39, 0.29) is 46.2 Å². The van der Waals surface area contributed by atoms with Crippen LogP contribution in [-0.2, 0) is 48.2 Å². The van der Waals surface area contributed by atoms with Crippen LogP contribution in [0.15, 0.2) is 115 Å². The van der Waals surface area contributed by atoms with Gasteiger partial charge in [0.25, 0.3) is 0 Å². The van der Waals surface area contributed by atoms with E-state index >= 15 is 0 Å². The molecule has 0 saturated heterocycles. The van der Waals surface area contributed by atoms with E-state index in [0.29, 0.717) is 64.8 Å². The molecule has 3 aromatic rings. The molecule has 6 rings (SSSR count). The highest BCUT2D eigenvalue weighted by Gasteiger charge is 2.22. The number of esters is 3. The number of carbonyl (C=O) groups is 3. The highest BCUT2D eigenvalue weighted by Crippen LogP contribution is 2.20. The second-order valence-electron chi connectivity index (χ2n) is 11.3. The van der Waals surface area contributed by atoms with Crippen molar-refractivity contribution in [3.8, 4) is 0 Å². The van der Waals surface area contributed by atoms with Gasteiger partial charge in [-0.05, 0) is 34.9 Å². The van der Waals surface area contributed by atoms with Gasteiger partial charge in [0, 0.05) is 68.9 Å². The van der Waals surface area contributed by atoms with Crippen LogP contribution in [0.25, 0.3) is 0 Å². The first kappa shape index (κ1) is 48.3. The minimum atomic E-state index is -1.53. The maximum Gasteiger partial charge on any atom is 0.333 e. The topological polar surface area (TPSA) is 127 Å². The Morgan fingerprint density at radius 2 is 0.982 bits per heavy atom. The van der Waals surface area contributed by atoms with Gasteiger partial charge >= 0.3 is 17.9 Å². The lowest BCUT2D eigenvalue weighted by Gasteiger charge is -2.24. The molecule has 0 saturated carbocycles. The number of rotatable bonds is 13. The van der Waals surface area contributed by atoms with Crippen molar-refractivity contribution in [2.75, 3.05) is 26.4 Å². The summed E-state index contributed by atoms with van der Waals surface area (Å²) in [4.78, 5) is 49.7. The zero-order valence-electron chi connectivity index (χ0n) is 28.9. The fraction of sp³-hybridized carbons (Fsp3) is 0.243. The largest absolute Gasteiger partial charge is 1.00 e. The lowest BCUT2D eigenvalue weighted by Crippen LogP contribution is -3.00. The Morgan fingerprint density at radius 1 is 0.632 bits per heavy atom. The average Bonchev–Trinajstić information content (AvgIpc) is 3.92. The van der Waals surface area contributed by atoms with E-state index in [1.54, 1.807) is 69.7 Å². The molecular weight excluding hydrogens is 859 g/mol. The maximum absolute atomic E-state index is 13.0. The summed E-state index contributed by atoms with van der Waals surface area (Å²) in [6.45, 7) is 1.52. The molecule has 0 radical (unpaired) electrons. The molecule has 0 spiro atoms. The van der Waals surface area contributed by atoms with E-state index in [1.807, 2.05) is 0 Å². The Kier molecular flexibility index (Phi) is 21.0. The number of hydrogen-bond acceptors (Lipinski definition) is 12. The Balaban J connectivity index is 0.000000290. The quantitative estimate of drug-likeness (QED) is 0.0994. The Hall–Kier alpha value is -4.80. The van der Waals surface area contributed by atoms with Crippen molar-refractivity contribution in [1.29, 1.82) is 0 Å². The van der Waals surface area contributed by atoms with E-state index in [2.05, 4.69) is 15.0 Å². The number of aromatic nitrogens is 3. The molecule has 0 N–H and O–H groups in total. The predicted octanol–water partition coefficient (Wildman–Crippen LogP) is 4.99. The van der Waals surface area contributed by atoms with Crippen molar-refractivity contribution < 1.29 is 54.2 Å². The Bertz CT molecular complexity index is 1840. The molecule has 1 unspecified atom stereocenters. The van der Waals surface area contributed by atoms with Crippen molar-refractivity contribution in [3.63, 3.8) is 0 Å². The van der Waals surface area contributed by atoms with Gasteiger partial charge in [0.2, 0.25) is 0 Å². The van der Waals surface area contributed by atoms with Crippen molar-refractivity contribution in [2.24, 2.45) is 0 Å². The van der Waals surface area contributed by atoms with Crippen LogP contribution in [0.5, 0.6) is 0 Å². The van der Waals surface area contributed by atoms with E-state index < -0.39 is 23.5 Å². The van der Waals surface area contributed by atoms with Gasteiger partial charge in [0.1, 0.15) is 47.9 Å². The van der Waals surface area contributed by atoms with Crippen LogP contribution < -0.4 is 12.4 Å². The summed E-state index contributed by atoms with van der Waals surface area (Å²) in [6.07, 6.45) is 12.1. The van der Waals surface area contributed by atoms with Gasteiger partial charge in [0.15, 0.2) is 5.63 Å². The summed E-state index contributed by atoms with van der Waals surface area (Å²) < 4.78 is 52.1. The van der Waals surface area contributed by atoms with Crippen molar-refractivity contribution >= 4 is 64.3 Å². The molecule has 0 bridgehead atoms. The minimum Gasteiger partial charge on any atom is -1.00 e. The molecule has 3 aliphatic rings. The number of pyridine rings is 3. The number of halogens is 8. The van der Waals surface area contributed by atoms with E-state index in [4.69, 9.17) is 60.6 Å². The van der Waals surface area contributed by atoms with Crippen LogP contribution in [-0.4, -0.2) is 79.6 Å². The van der Waals surface area contributed by atoms with Crippen LogP contribution >= 0.6 is 46.4 Å². The molecule has 3 aromatic heterocycles. The fourth-order valence-corrected chi connectivity index (χ4v) is 5.31. The minimum absolute atomic E-state index is 0. The number of cyclic esters (lactones) is 3. The fourth-order valence-electron chi connectivity index (χ4n) is 4.81. The molecule has 0 aliphatic carbocycles. The third-order valence-electron chi connectivity index (χ3n) is 7.36. The average molecular weight is 894 g/mol. The number of hydrogen-bond donors (Lipinski definition) is 0. The molecule has 6 heterocycles. The van der Waals surface area contributed by atoms with Crippen molar-refractivity contribution in [1.82, 2.24) is 29.7 Å². The predicted molar refractivity (Wildman–Crippen MR) is 204 cm³/mol. The second kappa shape index (κ2) is 24.8. The molecule has 1 atom stereocenters. The highest BCUT2D eigenvalue weighted by atomic mass is 35.5. The zero-order valence-corrected chi connectivity index (χ0v) is 32.7.